The standard InChI is InChI=1S/C15H18N4O2.C6H4/c1-12(20)18-19-14(9-11-17-19)8-5-10-16-15(21)13-6-3-2-4-7-13;1-2-5-4-6(5)3-1/h2-4,6-7,9,11H,5,8,10H2,1H3,(H,16,21)(H,18,20);1-4H. The van der Waals surface area contributed by atoms with Gasteiger partial charge in [-0.15, -0.1) is 0 Å². The van der Waals surface area contributed by atoms with Crippen LogP contribution in [0.1, 0.15) is 29.4 Å². The second-order valence-electron chi connectivity index (χ2n) is 6.21. The highest BCUT2D eigenvalue weighted by molar-refractivity contribution is 5.94. The fourth-order valence-corrected chi connectivity index (χ4v) is 2.61. The highest BCUT2D eigenvalue weighted by Crippen LogP contribution is 2.32. The molecule has 2 amide bonds. The number of rotatable bonds is 6. The lowest BCUT2D eigenvalue weighted by Crippen LogP contribution is -2.26. The number of aryl methyl sites for hydroxylation is 1. The Hall–Kier alpha value is -3.41. The lowest BCUT2D eigenvalue weighted by atomic mass is 10.2. The lowest BCUT2D eigenvalue weighted by molar-refractivity contribution is -0.115. The summed E-state index contributed by atoms with van der Waals surface area (Å²) in [4.78, 5) is 24.3. The summed E-state index contributed by atoms with van der Waals surface area (Å²) in [7, 11) is 0. The Kier molecular flexibility index (Phi) is 5.99. The van der Waals surface area contributed by atoms with Crippen LogP contribution in [0.2, 0.25) is 0 Å². The van der Waals surface area contributed by atoms with Crippen LogP contribution in [0.4, 0.5) is 0 Å². The van der Waals surface area contributed by atoms with Gasteiger partial charge in [0.2, 0.25) is 5.91 Å². The molecular weight excluding hydrogens is 340 g/mol. The van der Waals surface area contributed by atoms with E-state index in [9.17, 15) is 9.59 Å². The molecule has 0 spiro atoms. The Morgan fingerprint density at radius 3 is 2.33 bits per heavy atom. The van der Waals surface area contributed by atoms with Gasteiger partial charge in [0.1, 0.15) is 0 Å². The molecule has 0 unspecified atom stereocenters. The van der Waals surface area contributed by atoms with Crippen LogP contribution in [0.25, 0.3) is 11.1 Å². The fraction of sp³-hybridized carbons (Fsp3) is 0.190. The molecule has 1 heterocycles. The summed E-state index contributed by atoms with van der Waals surface area (Å²) in [6, 6.07) is 19.4. The third kappa shape index (κ3) is 5.54. The average molecular weight is 362 g/mol. The van der Waals surface area contributed by atoms with Crippen molar-refractivity contribution in [3.8, 4) is 11.1 Å². The van der Waals surface area contributed by atoms with Crippen molar-refractivity contribution in [3.05, 3.63) is 78.1 Å². The second-order valence-corrected chi connectivity index (χ2v) is 6.21. The summed E-state index contributed by atoms with van der Waals surface area (Å²) in [5.41, 5.74) is 7.02. The van der Waals surface area contributed by atoms with Gasteiger partial charge in [-0.1, -0.05) is 36.4 Å². The molecule has 1 aromatic heterocycles. The topological polar surface area (TPSA) is 76.0 Å². The molecule has 0 bridgehead atoms. The largest absolute Gasteiger partial charge is 0.352 e. The zero-order valence-electron chi connectivity index (χ0n) is 15.2. The van der Waals surface area contributed by atoms with Crippen LogP contribution < -0.4 is 10.7 Å². The maximum atomic E-state index is 11.8. The minimum atomic E-state index is -0.169. The zero-order valence-corrected chi connectivity index (χ0v) is 15.2. The smallest absolute Gasteiger partial charge is 0.251 e. The van der Waals surface area contributed by atoms with Gasteiger partial charge in [-0.05, 0) is 48.2 Å². The molecule has 2 aromatic rings. The van der Waals surface area contributed by atoms with Gasteiger partial charge in [0.15, 0.2) is 0 Å². The first-order valence-electron chi connectivity index (χ1n) is 8.87. The monoisotopic (exact) mass is 362 g/mol. The van der Waals surface area contributed by atoms with E-state index in [1.54, 1.807) is 18.3 Å². The Labute approximate surface area is 158 Å². The molecule has 0 saturated heterocycles. The Balaban J connectivity index is 0.000000290. The maximum Gasteiger partial charge on any atom is 0.251 e. The third-order valence-corrected chi connectivity index (χ3v) is 4.03. The highest BCUT2D eigenvalue weighted by atomic mass is 16.2. The van der Waals surface area contributed by atoms with Crippen molar-refractivity contribution in [1.82, 2.24) is 15.2 Å². The van der Waals surface area contributed by atoms with Crippen LogP contribution in [-0.4, -0.2) is 28.2 Å². The summed E-state index contributed by atoms with van der Waals surface area (Å²) >= 11 is 0. The minimum Gasteiger partial charge on any atom is -0.352 e. The average Bonchev–Trinajstić information content (AvgIpc) is 3.04. The van der Waals surface area contributed by atoms with Crippen LogP contribution in [0.3, 0.4) is 0 Å². The molecule has 6 heteroatoms. The number of nitrogens with zero attached hydrogens (tertiary/aromatic N) is 2. The number of carbonyl (C=O) groups excluding carboxylic acids is 2. The molecule has 0 radical (unpaired) electrons. The van der Waals surface area contributed by atoms with Gasteiger partial charge < -0.3 is 5.32 Å². The van der Waals surface area contributed by atoms with Crippen molar-refractivity contribution in [3.63, 3.8) is 0 Å². The number of nitrogens with one attached hydrogen (secondary N) is 2. The normalized spacial score (nSPS) is 10.4. The second kappa shape index (κ2) is 8.80. The van der Waals surface area contributed by atoms with Crippen LogP contribution in [-0.2, 0) is 11.2 Å². The first-order chi connectivity index (χ1) is 13.1. The molecule has 2 aliphatic carbocycles. The molecule has 0 saturated carbocycles. The molecule has 0 aliphatic heterocycles. The quantitative estimate of drug-likeness (QED) is 0.518. The van der Waals surface area contributed by atoms with Crippen molar-refractivity contribution < 1.29 is 9.59 Å². The third-order valence-electron chi connectivity index (χ3n) is 4.03. The number of fused-ring (bicyclic) bond motifs is 1. The number of hydrogen-bond donors (Lipinski definition) is 2. The summed E-state index contributed by atoms with van der Waals surface area (Å²) < 4.78 is 0. The lowest BCUT2D eigenvalue weighted by Gasteiger charge is -2.08. The van der Waals surface area contributed by atoms with Crippen molar-refractivity contribution in [1.29, 1.82) is 0 Å². The van der Waals surface area contributed by atoms with E-state index >= 15 is 0 Å². The van der Waals surface area contributed by atoms with Crippen molar-refractivity contribution in [2.45, 2.75) is 19.8 Å². The molecular formula is C21H22N4O2. The highest BCUT2D eigenvalue weighted by Gasteiger charge is 2.07. The van der Waals surface area contributed by atoms with Crippen LogP contribution in [0.15, 0.2) is 66.9 Å². The molecule has 2 N–H and O–H groups in total. The number of hydrogen-bond acceptors (Lipinski definition) is 3. The number of aromatic nitrogens is 2. The molecule has 2 aliphatic rings. The number of amides is 2. The molecule has 0 atom stereocenters. The molecule has 27 heavy (non-hydrogen) atoms. The van der Waals surface area contributed by atoms with E-state index in [0.717, 1.165) is 18.5 Å². The van der Waals surface area contributed by atoms with E-state index in [1.807, 2.05) is 24.3 Å². The molecule has 0 fully saturated rings. The van der Waals surface area contributed by atoms with Gasteiger partial charge in [0.05, 0.1) is 11.9 Å². The maximum absolute atomic E-state index is 11.8. The van der Waals surface area contributed by atoms with Gasteiger partial charge in [0, 0.05) is 19.0 Å². The summed E-state index contributed by atoms with van der Waals surface area (Å²) in [5, 5.41) is 6.88. The van der Waals surface area contributed by atoms with E-state index in [-0.39, 0.29) is 11.8 Å². The predicted molar refractivity (Wildman–Crippen MR) is 105 cm³/mol. The van der Waals surface area contributed by atoms with Crippen LogP contribution in [0, 0.1) is 0 Å². The number of carbonyl (C=O) groups is 2. The first-order valence-corrected chi connectivity index (χ1v) is 8.87. The van der Waals surface area contributed by atoms with Gasteiger partial charge >= 0.3 is 0 Å². The zero-order chi connectivity index (χ0) is 19.1. The fourth-order valence-electron chi connectivity index (χ4n) is 2.61. The van der Waals surface area contributed by atoms with Gasteiger partial charge in [-0.3, -0.25) is 9.59 Å². The van der Waals surface area contributed by atoms with Crippen LogP contribution in [0.5, 0.6) is 0 Å². The Morgan fingerprint density at radius 2 is 1.74 bits per heavy atom. The number of benzene rings is 2. The first kappa shape index (κ1) is 18.4. The van der Waals surface area contributed by atoms with E-state index in [1.165, 1.54) is 22.8 Å². The summed E-state index contributed by atoms with van der Waals surface area (Å²) in [5.74, 6) is -0.247. The molecule has 138 valence electrons. The van der Waals surface area contributed by atoms with E-state index in [4.69, 9.17) is 0 Å². The van der Waals surface area contributed by atoms with Crippen molar-refractivity contribution in [2.75, 3.05) is 12.0 Å². The van der Waals surface area contributed by atoms with E-state index in [2.05, 4.69) is 40.1 Å². The molecule has 4 rings (SSSR count). The van der Waals surface area contributed by atoms with Gasteiger partial charge in [-0.25, -0.2) is 5.43 Å². The molecule has 1 aromatic carbocycles. The summed E-state index contributed by atoms with van der Waals surface area (Å²) in [6.45, 7) is 2.00. The van der Waals surface area contributed by atoms with Gasteiger partial charge in [-0.2, -0.15) is 9.89 Å². The summed E-state index contributed by atoms with van der Waals surface area (Å²) in [6.07, 6.45) is 3.12. The van der Waals surface area contributed by atoms with Gasteiger partial charge in [0.25, 0.3) is 5.91 Å². The van der Waals surface area contributed by atoms with Crippen LogP contribution >= 0.6 is 0 Å². The minimum absolute atomic E-state index is 0.0778. The SMILES string of the molecule is CC(=O)Nn1nccc1CCCNC(=O)c1ccccc1.c1cc2cc-2c1. The predicted octanol–water partition coefficient (Wildman–Crippen LogP) is 3.00. The van der Waals surface area contributed by atoms with Crippen molar-refractivity contribution in [2.24, 2.45) is 0 Å². The molecule has 6 nitrogen and oxygen atoms in total. The van der Waals surface area contributed by atoms with E-state index in [0.29, 0.717) is 12.1 Å². The Morgan fingerprint density at radius 1 is 1.00 bits per heavy atom. The van der Waals surface area contributed by atoms with Crippen molar-refractivity contribution >= 4 is 11.8 Å². The van der Waals surface area contributed by atoms with E-state index < -0.39 is 0 Å². The Bertz CT molecular complexity index is 901.